The summed E-state index contributed by atoms with van der Waals surface area (Å²) in [4.78, 5) is 16.7. The highest BCUT2D eigenvalue weighted by Gasteiger charge is 2.29. The number of allylic oxidation sites excluding steroid dienone is 1. The van der Waals surface area contributed by atoms with E-state index in [9.17, 15) is 4.79 Å². The highest BCUT2D eigenvalue weighted by Crippen LogP contribution is 2.33. The largest absolute Gasteiger partial charge is 0.375 e. The molecule has 34 heavy (non-hydrogen) atoms. The summed E-state index contributed by atoms with van der Waals surface area (Å²) in [7, 11) is 0. The van der Waals surface area contributed by atoms with Gasteiger partial charge in [0.15, 0.2) is 0 Å². The maximum absolute atomic E-state index is 13.0. The van der Waals surface area contributed by atoms with Gasteiger partial charge in [0.1, 0.15) is 11.6 Å². The third-order valence-electron chi connectivity index (χ3n) is 7.50. The smallest absolute Gasteiger partial charge is 0.223 e. The van der Waals surface area contributed by atoms with Gasteiger partial charge in [-0.15, -0.1) is 21.5 Å². The molecule has 1 unspecified atom stereocenters. The Morgan fingerprint density at radius 2 is 1.97 bits per heavy atom. The van der Waals surface area contributed by atoms with E-state index < -0.39 is 0 Å². The number of rotatable bonds is 8. The van der Waals surface area contributed by atoms with Crippen molar-refractivity contribution in [1.29, 1.82) is 0 Å². The lowest BCUT2D eigenvalue weighted by molar-refractivity contribution is -0.126. The zero-order valence-corrected chi connectivity index (χ0v) is 22.2. The number of thiophene rings is 1. The molecule has 0 spiro atoms. The number of nitrogens with one attached hydrogen (secondary N) is 1. The van der Waals surface area contributed by atoms with Gasteiger partial charge < -0.3 is 14.8 Å². The molecule has 0 bridgehead atoms. The molecule has 1 saturated heterocycles. The van der Waals surface area contributed by atoms with Gasteiger partial charge >= 0.3 is 0 Å². The molecule has 2 aromatic heterocycles. The van der Waals surface area contributed by atoms with E-state index in [1.807, 2.05) is 0 Å². The number of aryl methyl sites for hydroxylation is 2. The van der Waals surface area contributed by atoms with Crippen molar-refractivity contribution in [3.63, 3.8) is 0 Å². The molecular formula is C27H41N5OS. The van der Waals surface area contributed by atoms with Crippen molar-refractivity contribution >= 4 is 17.2 Å². The van der Waals surface area contributed by atoms with Crippen molar-refractivity contribution in [2.75, 3.05) is 13.1 Å². The maximum atomic E-state index is 13.0. The molecule has 1 saturated carbocycles. The molecule has 0 radical (unpaired) electrons. The highest BCUT2D eigenvalue weighted by molar-refractivity contribution is 7.10. The van der Waals surface area contributed by atoms with Crippen LogP contribution in [0.5, 0.6) is 0 Å². The van der Waals surface area contributed by atoms with Gasteiger partial charge in [0, 0.05) is 48.0 Å². The van der Waals surface area contributed by atoms with Crippen LogP contribution in [0.25, 0.3) is 0 Å². The Morgan fingerprint density at radius 1 is 1.21 bits per heavy atom. The van der Waals surface area contributed by atoms with E-state index in [-0.39, 0.29) is 17.9 Å². The average molecular weight is 484 g/mol. The first kappa shape index (κ1) is 25.0. The third-order valence-corrected chi connectivity index (χ3v) is 8.66. The summed E-state index contributed by atoms with van der Waals surface area (Å²) in [6, 6.07) is 2.68. The topological polar surface area (TPSA) is 63.1 Å². The van der Waals surface area contributed by atoms with Gasteiger partial charge in [-0.3, -0.25) is 4.79 Å². The van der Waals surface area contributed by atoms with Gasteiger partial charge in [0.2, 0.25) is 5.91 Å². The summed E-state index contributed by atoms with van der Waals surface area (Å²) in [5.41, 5.74) is 2.45. The first-order valence-electron chi connectivity index (χ1n) is 13.0. The molecule has 186 valence electrons. The molecule has 4 rings (SSSR count). The number of likely N-dealkylation sites (tertiary alicyclic amines) is 1. The number of carbonyl (C=O) groups is 1. The lowest BCUT2D eigenvalue weighted by Gasteiger charge is -2.37. The summed E-state index contributed by atoms with van der Waals surface area (Å²) in [6.07, 6.45) is 8.60. The van der Waals surface area contributed by atoms with Crippen LogP contribution in [0, 0.1) is 19.8 Å². The van der Waals surface area contributed by atoms with Gasteiger partial charge in [0.05, 0.1) is 6.04 Å². The van der Waals surface area contributed by atoms with Crippen LogP contribution in [0.4, 0.5) is 0 Å². The Labute approximate surface area is 208 Å². The van der Waals surface area contributed by atoms with Crippen LogP contribution in [0.15, 0.2) is 23.7 Å². The fourth-order valence-corrected chi connectivity index (χ4v) is 6.53. The Balaban J connectivity index is 1.38. The van der Waals surface area contributed by atoms with Crippen LogP contribution in [0.3, 0.4) is 0 Å². The molecule has 1 N–H and O–H groups in total. The van der Waals surface area contributed by atoms with Crippen molar-refractivity contribution in [2.24, 2.45) is 5.92 Å². The number of hydrogen-bond donors (Lipinski definition) is 1. The molecule has 3 heterocycles. The summed E-state index contributed by atoms with van der Waals surface area (Å²) < 4.78 is 2.33. The van der Waals surface area contributed by atoms with Gasteiger partial charge in [-0.05, 0) is 56.5 Å². The SMILES string of the molecule is C=C1CC(n2c(C)nnc2C(C)C)CCN1CC[C@H](NC(=O)C1CCCCC1)c1cc(C)cs1. The third kappa shape index (κ3) is 5.73. The van der Waals surface area contributed by atoms with Crippen LogP contribution < -0.4 is 5.32 Å². The first-order valence-corrected chi connectivity index (χ1v) is 13.9. The molecule has 1 aliphatic carbocycles. The molecule has 2 aliphatic rings. The lowest BCUT2D eigenvalue weighted by atomic mass is 9.88. The molecule has 6 nitrogen and oxygen atoms in total. The van der Waals surface area contributed by atoms with E-state index in [4.69, 9.17) is 0 Å². The summed E-state index contributed by atoms with van der Waals surface area (Å²) >= 11 is 1.77. The van der Waals surface area contributed by atoms with Crippen LogP contribution in [-0.2, 0) is 4.79 Å². The molecule has 2 fully saturated rings. The second kappa shape index (κ2) is 11.1. The van der Waals surface area contributed by atoms with Crippen LogP contribution in [0.2, 0.25) is 0 Å². The Morgan fingerprint density at radius 3 is 2.62 bits per heavy atom. The normalized spacial score (nSPS) is 20.7. The number of nitrogens with zero attached hydrogens (tertiary/aromatic N) is 4. The van der Waals surface area contributed by atoms with Gasteiger partial charge in [-0.2, -0.15) is 0 Å². The number of piperidine rings is 1. The van der Waals surface area contributed by atoms with Crippen molar-refractivity contribution in [1.82, 2.24) is 25.0 Å². The molecule has 0 aromatic carbocycles. The van der Waals surface area contributed by atoms with E-state index in [1.54, 1.807) is 11.3 Å². The second-order valence-corrected chi connectivity index (χ2v) is 11.5. The van der Waals surface area contributed by atoms with Crippen molar-refractivity contribution in [3.8, 4) is 0 Å². The quantitative estimate of drug-likeness (QED) is 0.496. The lowest BCUT2D eigenvalue weighted by Crippen LogP contribution is -2.38. The fourth-order valence-electron chi connectivity index (χ4n) is 5.55. The number of aromatic nitrogens is 3. The van der Waals surface area contributed by atoms with Crippen LogP contribution >= 0.6 is 11.3 Å². The van der Waals surface area contributed by atoms with Gasteiger partial charge in [-0.25, -0.2) is 0 Å². The molecule has 2 atom stereocenters. The summed E-state index contributed by atoms with van der Waals surface area (Å²) in [6.45, 7) is 14.9. The fraction of sp³-hybridized carbons (Fsp3) is 0.667. The van der Waals surface area contributed by atoms with Crippen LogP contribution in [-0.4, -0.2) is 38.7 Å². The average Bonchev–Trinajstić information content (AvgIpc) is 3.43. The molecular weight excluding hydrogens is 442 g/mol. The predicted octanol–water partition coefficient (Wildman–Crippen LogP) is 6.06. The molecule has 1 aliphatic heterocycles. The Hall–Kier alpha value is -2.15. The summed E-state index contributed by atoms with van der Waals surface area (Å²) in [5, 5.41) is 14.4. The molecule has 1 amide bonds. The van der Waals surface area contributed by atoms with E-state index >= 15 is 0 Å². The minimum absolute atomic E-state index is 0.0753. The number of hydrogen-bond acceptors (Lipinski definition) is 5. The second-order valence-electron chi connectivity index (χ2n) is 10.5. The van der Waals surface area contributed by atoms with Gasteiger partial charge in [0.25, 0.3) is 0 Å². The van der Waals surface area contributed by atoms with Gasteiger partial charge in [-0.1, -0.05) is 39.7 Å². The van der Waals surface area contributed by atoms with E-state index in [1.165, 1.54) is 35.4 Å². The Kier molecular flexibility index (Phi) is 8.12. The van der Waals surface area contributed by atoms with E-state index in [2.05, 4.69) is 70.7 Å². The highest BCUT2D eigenvalue weighted by atomic mass is 32.1. The zero-order chi connectivity index (χ0) is 24.2. The van der Waals surface area contributed by atoms with Crippen molar-refractivity contribution in [2.45, 2.75) is 97.1 Å². The van der Waals surface area contributed by atoms with Crippen molar-refractivity contribution in [3.05, 3.63) is 45.8 Å². The minimum atomic E-state index is 0.0753. The Bertz CT molecular complexity index is 987. The first-order chi connectivity index (χ1) is 16.3. The van der Waals surface area contributed by atoms with E-state index in [0.29, 0.717) is 12.0 Å². The molecule has 7 heteroatoms. The number of carbonyl (C=O) groups excluding carboxylic acids is 1. The molecule has 2 aromatic rings. The summed E-state index contributed by atoms with van der Waals surface area (Å²) in [5.74, 6) is 2.86. The predicted molar refractivity (Wildman–Crippen MR) is 139 cm³/mol. The van der Waals surface area contributed by atoms with Crippen molar-refractivity contribution < 1.29 is 4.79 Å². The monoisotopic (exact) mass is 483 g/mol. The minimum Gasteiger partial charge on any atom is -0.375 e. The number of amides is 1. The maximum Gasteiger partial charge on any atom is 0.223 e. The standard InChI is InChI=1S/C27H41N5OS/c1-18(2)26-30-29-21(5)32(26)23-11-13-31(20(4)16-23)14-12-24(25-15-19(3)17-34-25)28-27(33)22-9-7-6-8-10-22/h15,17-18,22-24H,4,6-14,16H2,1-3,5H3,(H,28,33)/t23?,24-/m0/s1. The van der Waals surface area contributed by atoms with Crippen LogP contribution in [0.1, 0.15) is 105 Å². The van der Waals surface area contributed by atoms with E-state index in [0.717, 1.165) is 56.8 Å². The zero-order valence-electron chi connectivity index (χ0n) is 21.3.